The van der Waals surface area contributed by atoms with Crippen LogP contribution in [0.5, 0.6) is 0 Å². The van der Waals surface area contributed by atoms with Gasteiger partial charge in [-0.15, -0.1) is 0 Å². The average molecular weight is 346 g/mol. The molecule has 6 aromatic rings. The maximum atomic E-state index is 4.96. The Labute approximate surface area is 154 Å². The molecule has 0 saturated carbocycles. The molecular formula is C23H14N4. The summed E-state index contributed by atoms with van der Waals surface area (Å²) in [5, 5.41) is 2.28. The Morgan fingerprint density at radius 1 is 0.704 bits per heavy atom. The molecule has 4 nitrogen and oxygen atoms in total. The van der Waals surface area contributed by atoms with Crippen molar-refractivity contribution >= 4 is 38.5 Å². The molecule has 0 fully saturated rings. The van der Waals surface area contributed by atoms with E-state index in [-0.39, 0.29) is 0 Å². The Kier molecular flexibility index (Phi) is 2.85. The summed E-state index contributed by atoms with van der Waals surface area (Å²) in [6.07, 6.45) is 5.55. The number of hydrogen-bond donors (Lipinski definition) is 0. The van der Waals surface area contributed by atoms with Gasteiger partial charge in [-0.25, -0.2) is 4.98 Å². The minimum absolute atomic E-state index is 0.927. The number of nitrogens with zero attached hydrogens (tertiary/aromatic N) is 4. The molecule has 4 heterocycles. The second-order valence-corrected chi connectivity index (χ2v) is 6.62. The third-order valence-corrected chi connectivity index (χ3v) is 5.13. The number of benzene rings is 2. The van der Waals surface area contributed by atoms with Gasteiger partial charge in [-0.05, 0) is 42.0 Å². The Hall–Kier alpha value is -3.79. The maximum absolute atomic E-state index is 4.96. The molecule has 0 spiro atoms. The molecule has 0 amide bonds. The lowest BCUT2D eigenvalue weighted by Gasteiger charge is -2.07. The van der Waals surface area contributed by atoms with Crippen LogP contribution in [-0.4, -0.2) is 19.4 Å². The molecule has 0 aliphatic carbocycles. The van der Waals surface area contributed by atoms with Crippen molar-refractivity contribution in [2.45, 2.75) is 0 Å². The monoisotopic (exact) mass is 346 g/mol. The first-order valence-electron chi connectivity index (χ1n) is 8.88. The van der Waals surface area contributed by atoms with Crippen molar-refractivity contribution in [3.05, 3.63) is 85.3 Å². The Morgan fingerprint density at radius 3 is 2.63 bits per heavy atom. The van der Waals surface area contributed by atoms with E-state index in [0.717, 1.165) is 49.6 Å². The van der Waals surface area contributed by atoms with Gasteiger partial charge in [-0.2, -0.15) is 0 Å². The zero-order valence-electron chi connectivity index (χ0n) is 14.4. The molecule has 0 unspecified atom stereocenters. The van der Waals surface area contributed by atoms with Gasteiger partial charge in [-0.3, -0.25) is 14.4 Å². The molecule has 2 aromatic carbocycles. The van der Waals surface area contributed by atoms with E-state index in [4.69, 9.17) is 4.98 Å². The van der Waals surface area contributed by atoms with Crippen LogP contribution in [0.1, 0.15) is 0 Å². The molecule has 27 heavy (non-hydrogen) atoms. The van der Waals surface area contributed by atoms with E-state index >= 15 is 0 Å². The zero-order valence-corrected chi connectivity index (χ0v) is 14.4. The Bertz CT molecular complexity index is 1470. The summed E-state index contributed by atoms with van der Waals surface area (Å²) in [6.45, 7) is 0. The van der Waals surface area contributed by atoms with Crippen LogP contribution in [0.15, 0.2) is 85.3 Å². The molecular weight excluding hydrogens is 332 g/mol. The van der Waals surface area contributed by atoms with E-state index in [1.54, 1.807) is 0 Å². The maximum Gasteiger partial charge on any atom is 0.138 e. The second kappa shape index (κ2) is 5.35. The molecule has 126 valence electrons. The molecule has 0 aliphatic rings. The van der Waals surface area contributed by atoms with E-state index in [1.807, 2.05) is 36.8 Å². The summed E-state index contributed by atoms with van der Waals surface area (Å²) < 4.78 is 2.19. The van der Waals surface area contributed by atoms with Gasteiger partial charge in [0.15, 0.2) is 0 Å². The van der Waals surface area contributed by atoms with Crippen LogP contribution < -0.4 is 0 Å². The largest absolute Gasteiger partial charge is 0.291 e. The predicted octanol–water partition coefficient (Wildman–Crippen LogP) is 5.25. The van der Waals surface area contributed by atoms with E-state index in [1.165, 1.54) is 0 Å². The summed E-state index contributed by atoms with van der Waals surface area (Å²) in [5.74, 6) is 0. The summed E-state index contributed by atoms with van der Waals surface area (Å²) in [6, 6.07) is 22.9. The van der Waals surface area contributed by atoms with E-state index < -0.39 is 0 Å². The lowest BCUT2D eigenvalue weighted by atomic mass is 9.99. The highest BCUT2D eigenvalue weighted by atomic mass is 15.0. The molecule has 6 rings (SSSR count). The SMILES string of the molecule is c1cc(-c2cccc3c2nc2ccc4ccncc4n23)c2cccnc2c1. The number of fused-ring (bicyclic) bond motifs is 6. The molecule has 4 heteroatoms. The van der Waals surface area contributed by atoms with Gasteiger partial charge >= 0.3 is 0 Å². The fourth-order valence-electron chi connectivity index (χ4n) is 3.93. The molecule has 0 bridgehead atoms. The molecule has 0 N–H and O–H groups in total. The van der Waals surface area contributed by atoms with Gasteiger partial charge in [0.1, 0.15) is 5.65 Å². The highest BCUT2D eigenvalue weighted by Crippen LogP contribution is 2.34. The molecule has 0 saturated heterocycles. The van der Waals surface area contributed by atoms with E-state index in [2.05, 4.69) is 62.9 Å². The first kappa shape index (κ1) is 14.4. The van der Waals surface area contributed by atoms with Gasteiger partial charge in [0, 0.05) is 28.7 Å². The minimum atomic E-state index is 0.927. The number of para-hydroxylation sites is 1. The van der Waals surface area contributed by atoms with Gasteiger partial charge in [-0.1, -0.05) is 30.3 Å². The van der Waals surface area contributed by atoms with Gasteiger partial charge in [0.25, 0.3) is 0 Å². The third-order valence-electron chi connectivity index (χ3n) is 5.13. The topological polar surface area (TPSA) is 43.1 Å². The van der Waals surface area contributed by atoms with Crippen LogP contribution in [0.4, 0.5) is 0 Å². The molecule has 0 aliphatic heterocycles. The number of hydrogen-bond acceptors (Lipinski definition) is 3. The molecule has 0 atom stereocenters. The third kappa shape index (κ3) is 2.01. The van der Waals surface area contributed by atoms with E-state index in [0.29, 0.717) is 0 Å². The number of rotatable bonds is 1. The average Bonchev–Trinajstić information content (AvgIpc) is 3.13. The quantitative estimate of drug-likeness (QED) is 0.408. The van der Waals surface area contributed by atoms with Gasteiger partial charge in [0.05, 0.1) is 28.3 Å². The lowest BCUT2D eigenvalue weighted by Crippen LogP contribution is -1.89. The summed E-state index contributed by atoms with van der Waals surface area (Å²) >= 11 is 0. The van der Waals surface area contributed by atoms with Crippen molar-refractivity contribution in [2.75, 3.05) is 0 Å². The fourth-order valence-corrected chi connectivity index (χ4v) is 3.93. The minimum Gasteiger partial charge on any atom is -0.291 e. The zero-order chi connectivity index (χ0) is 17.8. The Balaban J connectivity index is 1.77. The van der Waals surface area contributed by atoms with Crippen LogP contribution in [0.2, 0.25) is 0 Å². The second-order valence-electron chi connectivity index (χ2n) is 6.62. The standard InChI is InChI=1S/C23H14N4/c1-4-16(17-6-3-12-25-19(17)7-1)18-5-2-8-20-23(18)26-22-10-9-15-11-13-24-14-21(15)27(20)22/h1-14H. The highest BCUT2D eigenvalue weighted by Gasteiger charge is 2.14. The number of pyridine rings is 3. The first-order chi connectivity index (χ1) is 13.4. The molecule has 4 aromatic heterocycles. The Morgan fingerprint density at radius 2 is 1.63 bits per heavy atom. The van der Waals surface area contributed by atoms with Crippen LogP contribution in [-0.2, 0) is 0 Å². The predicted molar refractivity (Wildman–Crippen MR) is 109 cm³/mol. The van der Waals surface area contributed by atoms with Crippen molar-refractivity contribution in [3.63, 3.8) is 0 Å². The van der Waals surface area contributed by atoms with Crippen molar-refractivity contribution < 1.29 is 0 Å². The first-order valence-corrected chi connectivity index (χ1v) is 8.88. The van der Waals surface area contributed by atoms with Crippen LogP contribution in [0, 0.1) is 0 Å². The van der Waals surface area contributed by atoms with E-state index in [9.17, 15) is 0 Å². The van der Waals surface area contributed by atoms with Crippen LogP contribution in [0.25, 0.3) is 49.6 Å². The summed E-state index contributed by atoms with van der Waals surface area (Å²) in [7, 11) is 0. The number of imidazole rings is 1. The fraction of sp³-hybridized carbons (Fsp3) is 0. The summed E-state index contributed by atoms with van der Waals surface area (Å²) in [5.41, 5.74) is 7.33. The normalized spacial score (nSPS) is 11.7. The highest BCUT2D eigenvalue weighted by molar-refractivity contribution is 6.04. The van der Waals surface area contributed by atoms with Crippen molar-refractivity contribution in [3.8, 4) is 11.1 Å². The van der Waals surface area contributed by atoms with Crippen LogP contribution in [0.3, 0.4) is 0 Å². The van der Waals surface area contributed by atoms with Crippen LogP contribution >= 0.6 is 0 Å². The van der Waals surface area contributed by atoms with Gasteiger partial charge in [0.2, 0.25) is 0 Å². The molecule has 0 radical (unpaired) electrons. The smallest absolute Gasteiger partial charge is 0.138 e. The lowest BCUT2D eigenvalue weighted by molar-refractivity contribution is 1.26. The van der Waals surface area contributed by atoms with Crippen molar-refractivity contribution in [1.82, 2.24) is 19.4 Å². The van der Waals surface area contributed by atoms with Crippen molar-refractivity contribution in [1.29, 1.82) is 0 Å². The van der Waals surface area contributed by atoms with Crippen molar-refractivity contribution in [2.24, 2.45) is 0 Å². The van der Waals surface area contributed by atoms with Gasteiger partial charge < -0.3 is 0 Å². The number of aromatic nitrogens is 4. The summed E-state index contributed by atoms with van der Waals surface area (Å²) in [4.78, 5) is 13.8.